The van der Waals surface area contributed by atoms with E-state index >= 15 is 0 Å². The van der Waals surface area contributed by atoms with Crippen LogP contribution in [0.3, 0.4) is 0 Å². The van der Waals surface area contributed by atoms with Gasteiger partial charge < -0.3 is 15.5 Å². The number of hydrogen-bond donors (Lipinski definition) is 2. The Morgan fingerprint density at radius 3 is 2.76 bits per heavy atom. The Kier molecular flexibility index (Phi) is 5.44. The number of ether oxygens (including phenoxy) is 1. The second kappa shape index (κ2) is 8.16. The predicted molar refractivity (Wildman–Crippen MR) is 114 cm³/mol. The number of aromatic nitrogens is 3. The number of carbonyl (C=O) groups is 1. The van der Waals surface area contributed by atoms with Gasteiger partial charge in [0.15, 0.2) is 5.82 Å². The van der Waals surface area contributed by atoms with E-state index in [0.29, 0.717) is 16.6 Å². The van der Waals surface area contributed by atoms with Gasteiger partial charge in [-0.05, 0) is 24.6 Å². The number of nitrogens with one attached hydrogen (secondary N) is 2. The van der Waals surface area contributed by atoms with Gasteiger partial charge in [0.2, 0.25) is 11.1 Å². The summed E-state index contributed by atoms with van der Waals surface area (Å²) in [7, 11) is 1.60. The quantitative estimate of drug-likeness (QED) is 0.671. The Balaban J connectivity index is 1.65. The molecule has 0 saturated carbocycles. The molecule has 1 aromatic heterocycles. The molecule has 0 saturated heterocycles. The van der Waals surface area contributed by atoms with Gasteiger partial charge in [-0.1, -0.05) is 54.6 Å². The third kappa shape index (κ3) is 3.93. The molecular formula is C21H23N5O2S. The monoisotopic (exact) mass is 409 g/mol. The van der Waals surface area contributed by atoms with Crippen LogP contribution in [-0.4, -0.2) is 33.1 Å². The predicted octanol–water partition coefficient (Wildman–Crippen LogP) is 3.56. The highest BCUT2D eigenvalue weighted by Crippen LogP contribution is 2.37. The highest BCUT2D eigenvalue weighted by Gasteiger charge is 2.37. The topological polar surface area (TPSA) is 81.1 Å². The van der Waals surface area contributed by atoms with Crippen LogP contribution in [0.1, 0.15) is 29.9 Å². The number of carbonyl (C=O) groups excluding carboxylic acids is 1. The highest BCUT2D eigenvalue weighted by atomic mass is 32.2. The molecule has 0 fully saturated rings. The lowest BCUT2D eigenvalue weighted by molar-refractivity contribution is -0.116. The van der Waals surface area contributed by atoms with Crippen LogP contribution < -0.4 is 15.5 Å². The number of thioether (sulfide) groups is 1. The lowest BCUT2D eigenvalue weighted by Gasteiger charge is -2.33. The van der Waals surface area contributed by atoms with Crippen LogP contribution in [0.25, 0.3) is 0 Å². The standard InChI is InChI=1S/C21H23N5O2S/c1-4-17-23-24-21-26(17)25-18(14-10-8-13(2)9-11-14)19(29-21)20(27)22-15-6-5-7-16(12-15)28-3/h5-12,18-19,25H,4H2,1-3H3,(H,22,27)/t18-,19+/m0/s1. The fourth-order valence-electron chi connectivity index (χ4n) is 3.27. The van der Waals surface area contributed by atoms with Gasteiger partial charge in [-0.15, -0.1) is 10.2 Å². The third-order valence-electron chi connectivity index (χ3n) is 4.85. The summed E-state index contributed by atoms with van der Waals surface area (Å²) in [4.78, 5) is 13.2. The largest absolute Gasteiger partial charge is 0.497 e. The van der Waals surface area contributed by atoms with Crippen molar-refractivity contribution in [2.45, 2.75) is 36.7 Å². The smallest absolute Gasteiger partial charge is 0.240 e. The molecule has 8 heteroatoms. The van der Waals surface area contributed by atoms with Crippen molar-refractivity contribution in [3.05, 3.63) is 65.5 Å². The number of rotatable bonds is 5. The van der Waals surface area contributed by atoms with Crippen molar-refractivity contribution in [3.8, 4) is 5.75 Å². The van der Waals surface area contributed by atoms with Crippen LogP contribution in [0.4, 0.5) is 5.69 Å². The zero-order valence-corrected chi connectivity index (χ0v) is 17.4. The Labute approximate surface area is 173 Å². The van der Waals surface area contributed by atoms with Gasteiger partial charge in [0.1, 0.15) is 11.0 Å². The number of anilines is 1. The first-order chi connectivity index (χ1) is 14.1. The van der Waals surface area contributed by atoms with Gasteiger partial charge in [0.05, 0.1) is 13.2 Å². The zero-order valence-electron chi connectivity index (χ0n) is 16.5. The molecule has 4 rings (SSSR count). The summed E-state index contributed by atoms with van der Waals surface area (Å²) < 4.78 is 7.15. The zero-order chi connectivity index (χ0) is 20.4. The number of aryl methyl sites for hydroxylation is 2. The first-order valence-electron chi connectivity index (χ1n) is 9.48. The molecule has 0 spiro atoms. The Morgan fingerprint density at radius 1 is 1.24 bits per heavy atom. The van der Waals surface area contributed by atoms with Crippen LogP contribution in [-0.2, 0) is 11.2 Å². The van der Waals surface area contributed by atoms with Crippen LogP contribution in [0.15, 0.2) is 53.7 Å². The van der Waals surface area contributed by atoms with E-state index in [2.05, 4.69) is 45.2 Å². The van der Waals surface area contributed by atoms with Gasteiger partial charge in [0, 0.05) is 18.2 Å². The van der Waals surface area contributed by atoms with E-state index in [4.69, 9.17) is 4.74 Å². The van der Waals surface area contributed by atoms with Gasteiger partial charge in [-0.2, -0.15) is 0 Å². The number of benzene rings is 2. The summed E-state index contributed by atoms with van der Waals surface area (Å²) in [5.41, 5.74) is 6.36. The van der Waals surface area contributed by atoms with Gasteiger partial charge in [-0.25, -0.2) is 4.68 Å². The van der Waals surface area contributed by atoms with E-state index in [9.17, 15) is 4.79 Å². The Morgan fingerprint density at radius 2 is 2.03 bits per heavy atom. The van der Waals surface area contributed by atoms with E-state index < -0.39 is 5.25 Å². The van der Waals surface area contributed by atoms with Crippen molar-refractivity contribution in [1.29, 1.82) is 0 Å². The number of amides is 1. The van der Waals surface area contributed by atoms with Crippen LogP contribution >= 0.6 is 11.8 Å². The van der Waals surface area contributed by atoms with Crippen molar-refractivity contribution < 1.29 is 9.53 Å². The van der Waals surface area contributed by atoms with E-state index in [1.807, 2.05) is 36.7 Å². The second-order valence-corrected chi connectivity index (χ2v) is 7.97. The molecule has 1 amide bonds. The van der Waals surface area contributed by atoms with Crippen molar-refractivity contribution in [1.82, 2.24) is 14.9 Å². The molecule has 1 aliphatic heterocycles. The minimum atomic E-state index is -0.412. The summed E-state index contributed by atoms with van der Waals surface area (Å²) in [5.74, 6) is 1.43. The molecule has 0 radical (unpaired) electrons. The number of nitrogens with zero attached hydrogens (tertiary/aromatic N) is 3. The second-order valence-electron chi connectivity index (χ2n) is 6.86. The van der Waals surface area contributed by atoms with Crippen molar-refractivity contribution in [2.75, 3.05) is 17.9 Å². The molecule has 29 heavy (non-hydrogen) atoms. The summed E-state index contributed by atoms with van der Waals surface area (Å²) >= 11 is 1.42. The average Bonchev–Trinajstić information content (AvgIpc) is 3.15. The maximum absolute atomic E-state index is 13.2. The van der Waals surface area contributed by atoms with Gasteiger partial charge >= 0.3 is 0 Å². The van der Waals surface area contributed by atoms with E-state index in [0.717, 1.165) is 17.8 Å². The molecule has 2 N–H and O–H groups in total. The van der Waals surface area contributed by atoms with Crippen LogP contribution in [0, 0.1) is 6.92 Å². The fraction of sp³-hybridized carbons (Fsp3) is 0.286. The first kappa shape index (κ1) is 19.3. The Bertz CT molecular complexity index is 1020. The molecule has 2 atom stereocenters. The lowest BCUT2D eigenvalue weighted by Crippen LogP contribution is -2.41. The molecule has 1 aliphatic rings. The molecule has 2 aromatic carbocycles. The Hall–Kier alpha value is -3.00. The lowest BCUT2D eigenvalue weighted by atomic mass is 10.0. The van der Waals surface area contributed by atoms with Crippen LogP contribution in [0.5, 0.6) is 5.75 Å². The van der Waals surface area contributed by atoms with E-state index in [1.165, 1.54) is 17.3 Å². The van der Waals surface area contributed by atoms with E-state index in [1.54, 1.807) is 13.2 Å². The first-order valence-corrected chi connectivity index (χ1v) is 10.4. The van der Waals surface area contributed by atoms with Crippen molar-refractivity contribution in [2.24, 2.45) is 0 Å². The molecular weight excluding hydrogens is 386 g/mol. The summed E-state index contributed by atoms with van der Waals surface area (Å²) in [6.45, 7) is 4.08. The minimum Gasteiger partial charge on any atom is -0.497 e. The number of fused-ring (bicyclic) bond motifs is 1. The van der Waals surface area contributed by atoms with Gasteiger partial charge in [-0.3, -0.25) is 4.79 Å². The SMILES string of the molecule is CCc1nnc2n1N[C@@H](c1ccc(C)cc1)[C@H](C(=O)Nc1cccc(OC)c1)S2. The highest BCUT2D eigenvalue weighted by molar-refractivity contribution is 8.00. The summed E-state index contributed by atoms with van der Waals surface area (Å²) in [6.07, 6.45) is 0.752. The normalized spacial score (nSPS) is 17.9. The molecule has 3 aromatic rings. The number of hydrogen-bond acceptors (Lipinski definition) is 6. The average molecular weight is 410 g/mol. The molecule has 2 heterocycles. The maximum atomic E-state index is 13.2. The molecule has 7 nitrogen and oxygen atoms in total. The van der Waals surface area contributed by atoms with Crippen molar-refractivity contribution in [3.63, 3.8) is 0 Å². The maximum Gasteiger partial charge on any atom is 0.240 e. The molecule has 0 aliphatic carbocycles. The minimum absolute atomic E-state index is 0.103. The van der Waals surface area contributed by atoms with Crippen molar-refractivity contribution >= 4 is 23.4 Å². The fourth-order valence-corrected chi connectivity index (χ4v) is 4.36. The summed E-state index contributed by atoms with van der Waals surface area (Å²) in [6, 6.07) is 15.3. The molecule has 0 unspecified atom stereocenters. The third-order valence-corrected chi connectivity index (χ3v) is 6.07. The molecule has 150 valence electrons. The van der Waals surface area contributed by atoms with Gasteiger partial charge in [0.25, 0.3) is 0 Å². The van der Waals surface area contributed by atoms with E-state index in [-0.39, 0.29) is 11.9 Å². The summed E-state index contributed by atoms with van der Waals surface area (Å²) in [5, 5.41) is 11.8. The van der Waals surface area contributed by atoms with Crippen LogP contribution in [0.2, 0.25) is 0 Å². The molecule has 0 bridgehead atoms. The number of methoxy groups -OCH3 is 1.